The fourth-order valence-electron chi connectivity index (χ4n) is 3.49. The third-order valence-corrected chi connectivity index (χ3v) is 5.27. The maximum absolute atomic E-state index is 12.3. The maximum atomic E-state index is 12.3. The average molecular weight is 495 g/mol. The average Bonchev–Trinajstić information content (AvgIpc) is 2.89. The molecule has 4 aromatic rings. The largest absolute Gasteiger partial charge is 0.492 e. The van der Waals surface area contributed by atoms with Gasteiger partial charge in [-0.25, -0.2) is 10.8 Å². The molecule has 0 bridgehead atoms. The van der Waals surface area contributed by atoms with Crippen molar-refractivity contribution in [1.82, 2.24) is 20.7 Å². The van der Waals surface area contributed by atoms with Crippen LogP contribution in [0.4, 0.5) is 13.2 Å². The van der Waals surface area contributed by atoms with Gasteiger partial charge in [-0.05, 0) is 35.4 Å². The Hall–Kier alpha value is -4.51. The number of carbonyl (C=O) groups excluding carboxylic acids is 2. The molecule has 2 amide bonds. The third-order valence-electron chi connectivity index (χ3n) is 5.27. The molecule has 11 heteroatoms. The lowest BCUT2D eigenvalue weighted by Crippen LogP contribution is -2.38. The zero-order valence-electron chi connectivity index (χ0n) is 18.7. The molecule has 0 fully saturated rings. The van der Waals surface area contributed by atoms with Gasteiger partial charge in [-0.1, -0.05) is 36.4 Å². The molecule has 8 nitrogen and oxygen atoms in total. The van der Waals surface area contributed by atoms with Crippen LogP contribution in [-0.2, 0) is 4.79 Å². The minimum atomic E-state index is -4.92. The maximum Gasteiger partial charge on any atom is 0.471 e. The first-order chi connectivity index (χ1) is 17.3. The van der Waals surface area contributed by atoms with Crippen LogP contribution in [0.5, 0.6) is 5.75 Å². The van der Waals surface area contributed by atoms with Gasteiger partial charge in [-0.2, -0.15) is 13.2 Å². The van der Waals surface area contributed by atoms with Crippen molar-refractivity contribution in [2.45, 2.75) is 6.18 Å². The molecule has 0 aliphatic carbocycles. The minimum Gasteiger partial charge on any atom is -0.492 e. The van der Waals surface area contributed by atoms with Crippen molar-refractivity contribution in [3.63, 3.8) is 0 Å². The van der Waals surface area contributed by atoms with Gasteiger partial charge in [0, 0.05) is 23.3 Å². The summed E-state index contributed by atoms with van der Waals surface area (Å²) in [5.74, 6) is 3.34. The quantitative estimate of drug-likeness (QED) is 0.156. The molecule has 2 aromatic carbocycles. The molecule has 0 aliphatic rings. The summed E-state index contributed by atoms with van der Waals surface area (Å²) in [6, 6.07) is 17.9. The summed E-state index contributed by atoms with van der Waals surface area (Å²) in [5.41, 5.74) is 6.31. The Morgan fingerprint density at radius 2 is 1.58 bits per heavy atom. The number of nitrogens with zero attached hydrogens (tertiary/aromatic N) is 2. The lowest BCUT2D eigenvalue weighted by molar-refractivity contribution is -0.173. The van der Waals surface area contributed by atoms with E-state index < -0.39 is 18.0 Å². The van der Waals surface area contributed by atoms with Crippen LogP contribution < -0.4 is 21.3 Å². The number of pyridine rings is 2. The Morgan fingerprint density at radius 3 is 2.22 bits per heavy atom. The number of aromatic nitrogens is 2. The van der Waals surface area contributed by atoms with Gasteiger partial charge in [0.25, 0.3) is 5.91 Å². The highest BCUT2D eigenvalue weighted by molar-refractivity contribution is 6.06. The van der Waals surface area contributed by atoms with Crippen LogP contribution >= 0.6 is 0 Å². The van der Waals surface area contributed by atoms with E-state index in [0.717, 1.165) is 16.7 Å². The molecule has 36 heavy (non-hydrogen) atoms. The summed E-state index contributed by atoms with van der Waals surface area (Å²) in [6.45, 7) is -0.371. The second-order valence-electron chi connectivity index (χ2n) is 7.63. The van der Waals surface area contributed by atoms with Gasteiger partial charge in [0.2, 0.25) is 0 Å². The summed E-state index contributed by atoms with van der Waals surface area (Å²) in [4.78, 5) is 31.7. The first-order valence-corrected chi connectivity index (χ1v) is 10.7. The van der Waals surface area contributed by atoms with Gasteiger partial charge >= 0.3 is 12.1 Å². The molecule has 0 saturated carbocycles. The Kier molecular flexibility index (Phi) is 7.11. The highest BCUT2D eigenvalue weighted by Crippen LogP contribution is 2.28. The fraction of sp³-hybridized carbons (Fsp3) is 0.120. The summed E-state index contributed by atoms with van der Waals surface area (Å²) in [6.07, 6.45) is -1.76. The number of benzene rings is 2. The molecule has 0 unspecified atom stereocenters. The minimum absolute atomic E-state index is 0.102. The first kappa shape index (κ1) is 24.6. The van der Waals surface area contributed by atoms with Crippen molar-refractivity contribution >= 4 is 22.7 Å². The fourth-order valence-corrected chi connectivity index (χ4v) is 3.49. The van der Waals surface area contributed by atoms with E-state index in [9.17, 15) is 22.8 Å². The summed E-state index contributed by atoms with van der Waals surface area (Å²) >= 11 is 0. The van der Waals surface area contributed by atoms with E-state index in [-0.39, 0.29) is 13.2 Å². The van der Waals surface area contributed by atoms with Crippen molar-refractivity contribution in [1.29, 1.82) is 0 Å². The Labute approximate surface area is 203 Å². The van der Waals surface area contributed by atoms with E-state index in [4.69, 9.17) is 10.6 Å². The number of nitrogens with two attached hydrogens (primary N) is 1. The second-order valence-corrected chi connectivity index (χ2v) is 7.63. The number of nitrogen functional groups attached to an aromatic ring is 1. The number of ether oxygens (including phenoxy) is 1. The Morgan fingerprint density at radius 1 is 0.944 bits per heavy atom. The number of fused-ring (bicyclic) bond motifs is 1. The number of alkyl halides is 3. The summed E-state index contributed by atoms with van der Waals surface area (Å²) < 4.78 is 41.9. The summed E-state index contributed by atoms with van der Waals surface area (Å²) in [7, 11) is 0. The number of hydrogen-bond donors (Lipinski definition) is 3. The van der Waals surface area contributed by atoms with Crippen LogP contribution in [0.15, 0.2) is 73.1 Å². The molecule has 2 heterocycles. The molecule has 4 N–H and O–H groups in total. The van der Waals surface area contributed by atoms with Gasteiger partial charge in [-0.15, -0.1) is 0 Å². The molecule has 0 saturated heterocycles. The van der Waals surface area contributed by atoms with Crippen LogP contribution in [-0.4, -0.2) is 41.1 Å². The highest BCUT2D eigenvalue weighted by atomic mass is 19.4. The lowest BCUT2D eigenvalue weighted by Gasteiger charge is -2.10. The normalized spacial score (nSPS) is 11.2. The number of rotatable bonds is 7. The molecule has 4 rings (SSSR count). The number of hydrazine groups is 1. The molecule has 184 valence electrons. The second kappa shape index (κ2) is 10.4. The smallest absolute Gasteiger partial charge is 0.471 e. The molecule has 0 atom stereocenters. The SMILES string of the molecule is NNC(=O)c1cc(-c2ccc(-c3ccc(OCCNC(=O)C(F)(F)F)cc3)cc2)nc2ccncc12. The van der Waals surface area contributed by atoms with Crippen molar-refractivity contribution in [2.75, 3.05) is 13.2 Å². The highest BCUT2D eigenvalue weighted by Gasteiger charge is 2.38. The van der Waals surface area contributed by atoms with Crippen LogP contribution in [0.3, 0.4) is 0 Å². The molecule has 0 spiro atoms. The monoisotopic (exact) mass is 495 g/mol. The number of hydrogen-bond acceptors (Lipinski definition) is 6. The molecular formula is C25H20F3N5O3. The van der Waals surface area contributed by atoms with Crippen molar-refractivity contribution in [3.05, 3.63) is 78.6 Å². The third kappa shape index (κ3) is 5.58. The number of halogens is 3. The summed E-state index contributed by atoms with van der Waals surface area (Å²) in [5, 5.41) is 2.33. The van der Waals surface area contributed by atoms with Gasteiger partial charge in [0.05, 0.1) is 23.3 Å². The van der Waals surface area contributed by atoms with E-state index in [1.165, 1.54) is 0 Å². The number of carbonyl (C=O) groups is 2. The van der Waals surface area contributed by atoms with Gasteiger partial charge in [0.1, 0.15) is 12.4 Å². The van der Waals surface area contributed by atoms with Crippen LogP contribution in [0.2, 0.25) is 0 Å². The van der Waals surface area contributed by atoms with Gasteiger partial charge in [-0.3, -0.25) is 20.0 Å². The van der Waals surface area contributed by atoms with Gasteiger partial charge in [0.15, 0.2) is 0 Å². The van der Waals surface area contributed by atoms with E-state index in [0.29, 0.717) is 27.9 Å². The van der Waals surface area contributed by atoms with E-state index in [1.54, 1.807) is 42.0 Å². The Balaban J connectivity index is 1.45. The predicted molar refractivity (Wildman–Crippen MR) is 127 cm³/mol. The molecular weight excluding hydrogens is 475 g/mol. The predicted octanol–water partition coefficient (Wildman–Crippen LogP) is 3.62. The van der Waals surface area contributed by atoms with Crippen LogP contribution in [0, 0.1) is 0 Å². The van der Waals surface area contributed by atoms with Crippen LogP contribution in [0.25, 0.3) is 33.3 Å². The van der Waals surface area contributed by atoms with E-state index in [2.05, 4.69) is 15.4 Å². The molecule has 0 radical (unpaired) electrons. The van der Waals surface area contributed by atoms with E-state index in [1.807, 2.05) is 36.4 Å². The van der Waals surface area contributed by atoms with Crippen molar-refractivity contribution < 1.29 is 27.5 Å². The molecule has 0 aliphatic heterocycles. The number of nitrogens with one attached hydrogen (secondary N) is 2. The van der Waals surface area contributed by atoms with E-state index >= 15 is 0 Å². The first-order valence-electron chi connectivity index (χ1n) is 10.7. The standard InChI is InChI=1S/C25H20F3N5O3/c26-25(27,28)24(35)31-11-12-36-18-7-5-16(6-8-18)15-1-3-17(4-2-15)22-13-19(23(34)33-29)20-14-30-10-9-21(20)32-22/h1-10,13-14H,11-12,29H2,(H,31,35)(H,33,34). The van der Waals surface area contributed by atoms with Gasteiger partial charge < -0.3 is 10.1 Å². The van der Waals surface area contributed by atoms with Crippen molar-refractivity contribution in [2.24, 2.45) is 5.84 Å². The number of amides is 2. The van der Waals surface area contributed by atoms with Crippen LogP contribution in [0.1, 0.15) is 10.4 Å². The Bertz CT molecular complexity index is 1390. The lowest BCUT2D eigenvalue weighted by atomic mass is 10.0. The zero-order chi connectivity index (χ0) is 25.7. The molecule has 2 aromatic heterocycles. The zero-order valence-corrected chi connectivity index (χ0v) is 18.7. The topological polar surface area (TPSA) is 119 Å². The van der Waals surface area contributed by atoms with Crippen molar-refractivity contribution in [3.8, 4) is 28.1 Å².